The summed E-state index contributed by atoms with van der Waals surface area (Å²) in [6.45, 7) is 1.94. The van der Waals surface area contributed by atoms with Crippen LogP contribution in [0.4, 0.5) is 0 Å². The summed E-state index contributed by atoms with van der Waals surface area (Å²) in [7, 11) is 1.50. The van der Waals surface area contributed by atoms with Crippen molar-refractivity contribution in [1.29, 1.82) is 0 Å². The number of amidine groups is 1. The number of aromatic hydroxyl groups is 1. The van der Waals surface area contributed by atoms with Gasteiger partial charge in [0.1, 0.15) is 0 Å². The fourth-order valence-electron chi connectivity index (χ4n) is 2.38. The van der Waals surface area contributed by atoms with Crippen molar-refractivity contribution in [2.24, 2.45) is 4.99 Å². The van der Waals surface area contributed by atoms with Crippen LogP contribution in [0.15, 0.2) is 28.1 Å². The maximum atomic E-state index is 12.0. The number of likely N-dealkylation sites (tertiary alicyclic amines) is 1. The fourth-order valence-corrected chi connectivity index (χ4v) is 3.34. The normalized spacial score (nSPS) is 20.2. The maximum absolute atomic E-state index is 12.0. The predicted octanol–water partition coefficient (Wildman–Crippen LogP) is 2.47. The zero-order valence-electron chi connectivity index (χ0n) is 11.7. The van der Waals surface area contributed by atoms with Crippen LogP contribution >= 0.6 is 11.8 Å². The van der Waals surface area contributed by atoms with E-state index in [0.717, 1.165) is 36.7 Å². The summed E-state index contributed by atoms with van der Waals surface area (Å²) in [6.07, 6.45) is 4.09. The Hall–Kier alpha value is -1.95. The van der Waals surface area contributed by atoms with Gasteiger partial charge in [0.05, 0.1) is 12.0 Å². The van der Waals surface area contributed by atoms with Gasteiger partial charge in [-0.3, -0.25) is 4.79 Å². The molecule has 5 nitrogen and oxygen atoms in total. The van der Waals surface area contributed by atoms with E-state index in [4.69, 9.17) is 4.74 Å². The van der Waals surface area contributed by atoms with E-state index in [1.165, 1.54) is 18.9 Å². The van der Waals surface area contributed by atoms with Gasteiger partial charge in [-0.15, -0.1) is 0 Å². The van der Waals surface area contributed by atoms with Crippen LogP contribution in [0.1, 0.15) is 18.4 Å². The van der Waals surface area contributed by atoms with Crippen molar-refractivity contribution in [3.05, 3.63) is 28.7 Å². The molecule has 1 fully saturated rings. The van der Waals surface area contributed by atoms with Crippen LogP contribution in [0.25, 0.3) is 6.08 Å². The van der Waals surface area contributed by atoms with Gasteiger partial charge in [0.2, 0.25) is 0 Å². The maximum Gasteiger partial charge on any atom is 0.286 e. The van der Waals surface area contributed by atoms with Gasteiger partial charge >= 0.3 is 0 Å². The first-order chi connectivity index (χ1) is 10.2. The van der Waals surface area contributed by atoms with Crippen molar-refractivity contribution in [3.63, 3.8) is 0 Å². The highest BCUT2D eigenvalue weighted by Gasteiger charge is 2.27. The van der Waals surface area contributed by atoms with Crippen molar-refractivity contribution < 1.29 is 14.6 Å². The average Bonchev–Trinajstić information content (AvgIpc) is 3.11. The number of thioether (sulfide) groups is 1. The molecule has 1 saturated heterocycles. The number of aliphatic imine (C=N–C) groups is 1. The lowest BCUT2D eigenvalue weighted by molar-refractivity contribution is -0.113. The second kappa shape index (κ2) is 5.81. The Labute approximate surface area is 127 Å². The number of carbonyl (C=O) groups excluding carboxylic acids is 1. The minimum Gasteiger partial charge on any atom is -0.504 e. The molecule has 2 aliphatic rings. The zero-order valence-corrected chi connectivity index (χ0v) is 12.5. The van der Waals surface area contributed by atoms with Crippen LogP contribution in [0.2, 0.25) is 0 Å². The molecule has 2 aliphatic heterocycles. The van der Waals surface area contributed by atoms with Crippen molar-refractivity contribution >= 4 is 28.9 Å². The van der Waals surface area contributed by atoms with Crippen LogP contribution in [-0.2, 0) is 4.79 Å². The highest BCUT2D eigenvalue weighted by molar-refractivity contribution is 8.18. The summed E-state index contributed by atoms with van der Waals surface area (Å²) >= 11 is 1.41. The molecular weight excluding hydrogens is 288 g/mol. The standard InChI is InChI=1S/C15H16N2O3S/c1-20-12-8-10(4-5-11(12)18)9-13-14(19)16-15(21-13)17-6-2-3-7-17/h4-5,8-9,18H,2-3,6-7H2,1H3. The van der Waals surface area contributed by atoms with Gasteiger partial charge in [-0.1, -0.05) is 6.07 Å². The summed E-state index contributed by atoms with van der Waals surface area (Å²) in [6, 6.07) is 4.99. The highest BCUT2D eigenvalue weighted by atomic mass is 32.2. The molecule has 1 aromatic carbocycles. The van der Waals surface area contributed by atoms with Crippen molar-refractivity contribution in [2.75, 3.05) is 20.2 Å². The van der Waals surface area contributed by atoms with E-state index in [-0.39, 0.29) is 11.7 Å². The van der Waals surface area contributed by atoms with E-state index in [2.05, 4.69) is 9.89 Å². The number of phenols is 1. The fraction of sp³-hybridized carbons (Fsp3) is 0.333. The Morgan fingerprint density at radius 2 is 2.14 bits per heavy atom. The van der Waals surface area contributed by atoms with Crippen LogP contribution in [0.5, 0.6) is 11.5 Å². The van der Waals surface area contributed by atoms with Crippen LogP contribution < -0.4 is 4.74 Å². The molecule has 0 bridgehead atoms. The molecule has 3 rings (SSSR count). The molecule has 110 valence electrons. The predicted molar refractivity (Wildman–Crippen MR) is 83.5 cm³/mol. The van der Waals surface area contributed by atoms with Crippen LogP contribution in [-0.4, -0.2) is 41.3 Å². The molecule has 0 atom stereocenters. The van der Waals surface area contributed by atoms with Crippen LogP contribution in [0, 0.1) is 0 Å². The monoisotopic (exact) mass is 304 g/mol. The number of methoxy groups -OCH3 is 1. The minimum absolute atomic E-state index is 0.0825. The summed E-state index contributed by atoms with van der Waals surface area (Å²) < 4.78 is 5.07. The number of nitrogens with zero attached hydrogens (tertiary/aromatic N) is 2. The van der Waals surface area contributed by atoms with Gasteiger partial charge in [-0.25, -0.2) is 0 Å². The molecule has 1 amide bonds. The average molecular weight is 304 g/mol. The molecule has 0 saturated carbocycles. The molecule has 1 N–H and O–H groups in total. The number of carbonyl (C=O) groups is 1. The lowest BCUT2D eigenvalue weighted by atomic mass is 10.2. The second-order valence-electron chi connectivity index (χ2n) is 4.94. The van der Waals surface area contributed by atoms with Gasteiger partial charge < -0.3 is 14.7 Å². The number of benzene rings is 1. The van der Waals surface area contributed by atoms with E-state index >= 15 is 0 Å². The highest BCUT2D eigenvalue weighted by Crippen LogP contribution is 2.33. The first-order valence-electron chi connectivity index (χ1n) is 6.82. The smallest absolute Gasteiger partial charge is 0.286 e. The summed E-state index contributed by atoms with van der Waals surface area (Å²) in [5.74, 6) is 0.272. The molecule has 1 aromatic rings. The van der Waals surface area contributed by atoms with Gasteiger partial charge in [0, 0.05) is 13.1 Å². The number of hydrogen-bond acceptors (Lipinski definition) is 5. The second-order valence-corrected chi connectivity index (χ2v) is 5.94. The molecule has 0 radical (unpaired) electrons. The molecule has 0 spiro atoms. The Morgan fingerprint density at radius 3 is 2.86 bits per heavy atom. The first kappa shape index (κ1) is 14.0. The quantitative estimate of drug-likeness (QED) is 0.850. The number of rotatable bonds is 2. The van der Waals surface area contributed by atoms with Crippen molar-refractivity contribution in [3.8, 4) is 11.5 Å². The first-order valence-corrected chi connectivity index (χ1v) is 7.63. The molecule has 2 heterocycles. The zero-order chi connectivity index (χ0) is 14.8. The number of phenolic OH excluding ortho intramolecular Hbond substituents is 1. The van der Waals surface area contributed by atoms with Gasteiger partial charge in [0.15, 0.2) is 16.7 Å². The van der Waals surface area contributed by atoms with Crippen molar-refractivity contribution in [2.45, 2.75) is 12.8 Å². The lowest BCUT2D eigenvalue weighted by Crippen LogP contribution is -2.23. The summed E-state index contributed by atoms with van der Waals surface area (Å²) in [5, 5.41) is 10.4. The Kier molecular flexibility index (Phi) is 3.88. The lowest BCUT2D eigenvalue weighted by Gasteiger charge is -2.14. The number of amides is 1. The van der Waals surface area contributed by atoms with Gasteiger partial charge in [0.25, 0.3) is 5.91 Å². The summed E-state index contributed by atoms with van der Waals surface area (Å²) in [4.78, 5) is 18.9. The third-order valence-corrected chi connectivity index (χ3v) is 4.53. The van der Waals surface area contributed by atoms with Gasteiger partial charge in [-0.2, -0.15) is 4.99 Å². The third kappa shape index (κ3) is 2.90. The molecule has 0 aromatic heterocycles. The topological polar surface area (TPSA) is 62.1 Å². The molecule has 6 heteroatoms. The largest absolute Gasteiger partial charge is 0.504 e. The Balaban J connectivity index is 1.80. The van der Waals surface area contributed by atoms with Gasteiger partial charge in [-0.05, 0) is 48.4 Å². The van der Waals surface area contributed by atoms with Crippen molar-refractivity contribution in [1.82, 2.24) is 4.90 Å². The third-order valence-electron chi connectivity index (χ3n) is 3.49. The van der Waals surface area contributed by atoms with Crippen LogP contribution in [0.3, 0.4) is 0 Å². The molecular formula is C15H16N2O3S. The molecule has 21 heavy (non-hydrogen) atoms. The van der Waals surface area contributed by atoms with E-state index < -0.39 is 0 Å². The number of ether oxygens (including phenoxy) is 1. The van der Waals surface area contributed by atoms with E-state index in [1.807, 2.05) is 0 Å². The van der Waals surface area contributed by atoms with E-state index in [0.29, 0.717) is 10.7 Å². The Morgan fingerprint density at radius 1 is 1.38 bits per heavy atom. The minimum atomic E-state index is -0.200. The Bertz CT molecular complexity index is 634. The molecule has 0 aliphatic carbocycles. The van der Waals surface area contributed by atoms with E-state index in [1.54, 1.807) is 24.3 Å². The molecule has 0 unspecified atom stereocenters. The SMILES string of the molecule is COc1cc(C=C2SC(N3CCCC3)=NC2=O)ccc1O. The van der Waals surface area contributed by atoms with E-state index in [9.17, 15) is 9.90 Å². The summed E-state index contributed by atoms with van der Waals surface area (Å²) in [5.41, 5.74) is 0.804. The number of hydrogen-bond donors (Lipinski definition) is 1.